The molecule has 1 aliphatic heterocycles. The predicted molar refractivity (Wildman–Crippen MR) is 72.3 cm³/mol. The van der Waals surface area contributed by atoms with Gasteiger partial charge in [0, 0.05) is 44.6 Å². The molecule has 1 saturated heterocycles. The van der Waals surface area contributed by atoms with E-state index in [2.05, 4.69) is 5.32 Å². The van der Waals surface area contributed by atoms with Crippen LogP contribution in [-0.4, -0.2) is 34.9 Å². The molecule has 2 unspecified atom stereocenters. The number of nitrogens with zero attached hydrogens (tertiary/aromatic N) is 2. The topological polar surface area (TPSA) is 65.3 Å². The second-order valence-electron chi connectivity index (χ2n) is 4.96. The van der Waals surface area contributed by atoms with Crippen molar-refractivity contribution in [1.82, 2.24) is 14.5 Å². The van der Waals surface area contributed by atoms with Crippen molar-refractivity contribution < 1.29 is 4.74 Å². The summed E-state index contributed by atoms with van der Waals surface area (Å²) in [6.07, 6.45) is 4.29. The summed E-state index contributed by atoms with van der Waals surface area (Å²) in [6, 6.07) is 0.164. The molecule has 2 heterocycles. The van der Waals surface area contributed by atoms with Gasteiger partial charge in [0.1, 0.15) is 0 Å². The molecular weight excluding hydrogens is 246 g/mol. The van der Waals surface area contributed by atoms with Crippen LogP contribution in [0, 0.1) is 5.92 Å². The Morgan fingerprint density at radius 3 is 2.84 bits per heavy atom. The molecule has 6 nitrogen and oxygen atoms in total. The van der Waals surface area contributed by atoms with Crippen molar-refractivity contribution in [2.45, 2.75) is 25.9 Å². The van der Waals surface area contributed by atoms with Crippen LogP contribution in [0.15, 0.2) is 22.0 Å². The Morgan fingerprint density at radius 1 is 1.42 bits per heavy atom. The zero-order chi connectivity index (χ0) is 13.8. The zero-order valence-corrected chi connectivity index (χ0v) is 11.5. The fourth-order valence-electron chi connectivity index (χ4n) is 2.46. The lowest BCUT2D eigenvalue weighted by Gasteiger charge is -2.24. The molecule has 0 saturated carbocycles. The fraction of sp³-hybridized carbons (Fsp3) is 0.692. The number of rotatable bonds is 5. The Balaban J connectivity index is 2.19. The molecule has 106 valence electrons. The Bertz CT molecular complexity index is 529. The van der Waals surface area contributed by atoms with Gasteiger partial charge >= 0.3 is 11.1 Å². The normalized spacial score (nSPS) is 20.6. The molecule has 0 spiro atoms. The first-order chi connectivity index (χ1) is 9.13. The summed E-state index contributed by atoms with van der Waals surface area (Å²) in [4.78, 5) is 23.5. The van der Waals surface area contributed by atoms with Crippen molar-refractivity contribution in [3.63, 3.8) is 0 Å². The minimum absolute atomic E-state index is 0.164. The average molecular weight is 267 g/mol. The molecule has 1 N–H and O–H groups in total. The fourth-order valence-corrected chi connectivity index (χ4v) is 2.46. The highest BCUT2D eigenvalue weighted by Crippen LogP contribution is 2.17. The van der Waals surface area contributed by atoms with Crippen LogP contribution in [0.25, 0.3) is 0 Å². The van der Waals surface area contributed by atoms with Crippen LogP contribution in [0.1, 0.15) is 13.3 Å². The first kappa shape index (κ1) is 14.0. The number of ether oxygens (including phenoxy) is 1. The van der Waals surface area contributed by atoms with Crippen molar-refractivity contribution in [1.29, 1.82) is 0 Å². The van der Waals surface area contributed by atoms with Gasteiger partial charge in [0.25, 0.3) is 0 Å². The Hall–Kier alpha value is -1.40. The molecule has 1 fully saturated rings. The van der Waals surface area contributed by atoms with Crippen molar-refractivity contribution in [2.75, 3.05) is 19.8 Å². The number of aromatic nitrogens is 2. The van der Waals surface area contributed by atoms with Gasteiger partial charge in [-0.1, -0.05) is 6.92 Å². The summed E-state index contributed by atoms with van der Waals surface area (Å²) in [5.74, 6) is 0.399. The standard InChI is InChI=1S/C13H21N3O3/c1-3-14-11(10-4-7-19-9-10)8-16-6-5-15(2)12(17)13(16)18/h5-6,10-11,14H,3-4,7-9H2,1-2H3. The lowest BCUT2D eigenvalue weighted by Crippen LogP contribution is -2.46. The number of hydrogen-bond acceptors (Lipinski definition) is 4. The summed E-state index contributed by atoms with van der Waals surface area (Å²) in [6.45, 7) is 4.88. The molecule has 0 aliphatic carbocycles. The maximum absolute atomic E-state index is 11.9. The van der Waals surface area contributed by atoms with E-state index >= 15 is 0 Å². The van der Waals surface area contributed by atoms with E-state index in [0.29, 0.717) is 12.5 Å². The number of likely N-dealkylation sites (N-methyl/N-ethyl adjacent to an activating group) is 1. The van der Waals surface area contributed by atoms with E-state index in [9.17, 15) is 9.59 Å². The van der Waals surface area contributed by atoms with Crippen LogP contribution in [0.4, 0.5) is 0 Å². The van der Waals surface area contributed by atoms with Gasteiger partial charge in [0.2, 0.25) is 0 Å². The highest BCUT2D eigenvalue weighted by Gasteiger charge is 2.25. The van der Waals surface area contributed by atoms with E-state index < -0.39 is 11.1 Å². The lowest BCUT2D eigenvalue weighted by molar-refractivity contribution is 0.173. The highest BCUT2D eigenvalue weighted by atomic mass is 16.5. The van der Waals surface area contributed by atoms with Gasteiger partial charge < -0.3 is 19.2 Å². The van der Waals surface area contributed by atoms with Crippen LogP contribution >= 0.6 is 0 Å². The van der Waals surface area contributed by atoms with E-state index in [-0.39, 0.29) is 6.04 Å². The van der Waals surface area contributed by atoms with Crippen LogP contribution in [-0.2, 0) is 18.3 Å². The third-order valence-corrected chi connectivity index (χ3v) is 3.63. The van der Waals surface area contributed by atoms with Gasteiger partial charge in [0.15, 0.2) is 0 Å². The predicted octanol–water partition coefficient (Wildman–Crippen LogP) is -0.438. The second kappa shape index (κ2) is 6.16. The van der Waals surface area contributed by atoms with Gasteiger partial charge in [-0.05, 0) is 13.0 Å². The number of nitrogens with one attached hydrogen (secondary N) is 1. The zero-order valence-electron chi connectivity index (χ0n) is 11.5. The second-order valence-corrected chi connectivity index (χ2v) is 4.96. The van der Waals surface area contributed by atoms with E-state index in [1.807, 2.05) is 6.92 Å². The quantitative estimate of drug-likeness (QED) is 0.735. The first-order valence-corrected chi connectivity index (χ1v) is 6.70. The highest BCUT2D eigenvalue weighted by molar-refractivity contribution is 4.88. The minimum atomic E-state index is -0.486. The van der Waals surface area contributed by atoms with Crippen molar-refractivity contribution >= 4 is 0 Å². The van der Waals surface area contributed by atoms with Crippen LogP contribution < -0.4 is 16.4 Å². The molecule has 0 amide bonds. The molecule has 19 heavy (non-hydrogen) atoms. The minimum Gasteiger partial charge on any atom is -0.381 e. The van der Waals surface area contributed by atoms with Gasteiger partial charge in [-0.15, -0.1) is 0 Å². The van der Waals surface area contributed by atoms with E-state index in [4.69, 9.17) is 4.74 Å². The average Bonchev–Trinajstić information content (AvgIpc) is 2.92. The van der Waals surface area contributed by atoms with Gasteiger partial charge in [0.05, 0.1) is 6.61 Å². The Labute approximate surface area is 112 Å². The van der Waals surface area contributed by atoms with Gasteiger partial charge in [-0.25, -0.2) is 0 Å². The molecule has 0 bridgehead atoms. The molecule has 1 aromatic rings. The Morgan fingerprint density at radius 2 is 2.21 bits per heavy atom. The molecule has 0 aromatic carbocycles. The molecule has 6 heteroatoms. The van der Waals surface area contributed by atoms with Crippen molar-refractivity contribution in [3.8, 4) is 0 Å². The summed E-state index contributed by atoms with van der Waals surface area (Å²) >= 11 is 0. The maximum Gasteiger partial charge on any atom is 0.316 e. The van der Waals surface area contributed by atoms with Crippen LogP contribution in [0.3, 0.4) is 0 Å². The van der Waals surface area contributed by atoms with Crippen LogP contribution in [0.2, 0.25) is 0 Å². The van der Waals surface area contributed by atoms with E-state index in [1.165, 1.54) is 9.13 Å². The molecular formula is C13H21N3O3. The smallest absolute Gasteiger partial charge is 0.316 e. The van der Waals surface area contributed by atoms with E-state index in [1.54, 1.807) is 19.4 Å². The third kappa shape index (κ3) is 3.13. The molecule has 0 radical (unpaired) electrons. The molecule has 1 aromatic heterocycles. The maximum atomic E-state index is 11.9. The van der Waals surface area contributed by atoms with E-state index in [0.717, 1.165) is 26.2 Å². The molecule has 1 aliphatic rings. The van der Waals surface area contributed by atoms with Crippen LogP contribution in [0.5, 0.6) is 0 Å². The van der Waals surface area contributed by atoms with Crippen molar-refractivity contribution in [3.05, 3.63) is 33.1 Å². The summed E-state index contributed by atoms with van der Waals surface area (Å²) < 4.78 is 8.20. The SMILES string of the molecule is CCNC(Cn1ccn(C)c(=O)c1=O)C1CCOC1. The summed E-state index contributed by atoms with van der Waals surface area (Å²) in [7, 11) is 1.58. The number of hydrogen-bond donors (Lipinski definition) is 1. The van der Waals surface area contributed by atoms with Gasteiger partial charge in [-0.3, -0.25) is 9.59 Å². The monoisotopic (exact) mass is 267 g/mol. The summed E-state index contributed by atoms with van der Waals surface area (Å²) in [5.41, 5.74) is -0.952. The largest absolute Gasteiger partial charge is 0.381 e. The molecule has 2 rings (SSSR count). The van der Waals surface area contributed by atoms with Gasteiger partial charge in [-0.2, -0.15) is 0 Å². The first-order valence-electron chi connectivity index (χ1n) is 6.70. The summed E-state index contributed by atoms with van der Waals surface area (Å²) in [5, 5.41) is 3.39. The van der Waals surface area contributed by atoms with Crippen molar-refractivity contribution in [2.24, 2.45) is 13.0 Å². The number of aryl methyl sites for hydroxylation is 1. The molecule has 2 atom stereocenters. The third-order valence-electron chi connectivity index (χ3n) is 3.63. The Kier molecular flexibility index (Phi) is 4.55. The lowest BCUT2D eigenvalue weighted by atomic mass is 9.99.